The number of hydrogen-bond acceptors (Lipinski definition) is 8. The molecule has 170 valence electrons. The van der Waals surface area contributed by atoms with Crippen LogP contribution in [0.5, 0.6) is 0 Å². The molecule has 5 rings (SSSR count). The predicted octanol–water partition coefficient (Wildman–Crippen LogP) is 5.70. The molecule has 1 unspecified atom stereocenters. The average molecular weight is 510 g/mol. The summed E-state index contributed by atoms with van der Waals surface area (Å²) < 4.78 is 6.19. The van der Waals surface area contributed by atoms with Gasteiger partial charge in [-0.05, 0) is 29.8 Å². The van der Waals surface area contributed by atoms with Crippen molar-refractivity contribution in [1.29, 1.82) is 0 Å². The van der Waals surface area contributed by atoms with Crippen LogP contribution in [0.2, 0.25) is 5.02 Å². The van der Waals surface area contributed by atoms with Crippen LogP contribution in [-0.4, -0.2) is 27.0 Å². The van der Waals surface area contributed by atoms with E-state index in [9.17, 15) is 14.7 Å². The first-order chi connectivity index (χ1) is 16.5. The maximum atomic E-state index is 13.1. The Kier molecular flexibility index (Phi) is 6.23. The summed E-state index contributed by atoms with van der Waals surface area (Å²) in [6.45, 7) is 0. The highest BCUT2D eigenvalue weighted by molar-refractivity contribution is 8.00. The van der Waals surface area contributed by atoms with Gasteiger partial charge in [0.15, 0.2) is 4.34 Å². The Labute approximate surface area is 207 Å². The van der Waals surface area contributed by atoms with Crippen LogP contribution >= 0.6 is 34.7 Å². The Hall–Kier alpha value is -3.40. The van der Waals surface area contributed by atoms with Gasteiger partial charge >= 0.3 is 5.91 Å². The molecule has 0 spiro atoms. The van der Waals surface area contributed by atoms with Gasteiger partial charge in [-0.15, -0.1) is 10.2 Å². The van der Waals surface area contributed by atoms with E-state index in [4.69, 9.17) is 16.0 Å². The third-order valence-corrected chi connectivity index (χ3v) is 7.56. The lowest BCUT2D eigenvalue weighted by Crippen LogP contribution is -2.29. The second-order valence-corrected chi connectivity index (χ2v) is 9.93. The first kappa shape index (κ1) is 22.4. The number of furan rings is 1. The van der Waals surface area contributed by atoms with Crippen LogP contribution in [0, 0.1) is 0 Å². The number of anilines is 1. The molecule has 4 aromatic rings. The molecule has 0 radical (unpaired) electrons. The van der Waals surface area contributed by atoms with E-state index in [-0.39, 0.29) is 16.5 Å². The molecule has 1 atom stereocenters. The summed E-state index contributed by atoms with van der Waals surface area (Å²) in [6.07, 6.45) is 1.45. The van der Waals surface area contributed by atoms with E-state index < -0.39 is 17.7 Å². The Balaban J connectivity index is 1.49. The van der Waals surface area contributed by atoms with E-state index in [0.29, 0.717) is 26.4 Å². The molecular weight excluding hydrogens is 494 g/mol. The summed E-state index contributed by atoms with van der Waals surface area (Å²) in [4.78, 5) is 27.4. The van der Waals surface area contributed by atoms with E-state index in [0.717, 1.165) is 5.56 Å². The summed E-state index contributed by atoms with van der Waals surface area (Å²) in [5.74, 6) is -0.912. The van der Waals surface area contributed by atoms with Crippen molar-refractivity contribution >= 4 is 57.3 Å². The van der Waals surface area contributed by atoms with Crippen LogP contribution in [0.3, 0.4) is 0 Å². The zero-order valence-electron chi connectivity index (χ0n) is 17.4. The van der Waals surface area contributed by atoms with Crippen molar-refractivity contribution in [2.24, 2.45) is 0 Å². The van der Waals surface area contributed by atoms with Crippen LogP contribution in [-0.2, 0) is 15.3 Å². The van der Waals surface area contributed by atoms with E-state index in [1.165, 1.54) is 34.3 Å². The fourth-order valence-electron chi connectivity index (χ4n) is 3.58. The molecule has 10 heteroatoms. The first-order valence-corrected chi connectivity index (χ1v) is 12.3. The lowest BCUT2D eigenvalue weighted by molar-refractivity contribution is -0.132. The van der Waals surface area contributed by atoms with Crippen molar-refractivity contribution in [3.63, 3.8) is 0 Å². The summed E-state index contributed by atoms with van der Waals surface area (Å²) in [5.41, 5.74) is 1.43. The Morgan fingerprint density at radius 2 is 1.82 bits per heavy atom. The summed E-state index contributed by atoms with van der Waals surface area (Å²) in [7, 11) is 0. The summed E-state index contributed by atoms with van der Waals surface area (Å²) in [6, 6.07) is 18.4. The molecule has 1 N–H and O–H groups in total. The third-order valence-electron chi connectivity index (χ3n) is 5.18. The van der Waals surface area contributed by atoms with Crippen LogP contribution < -0.4 is 4.90 Å². The molecule has 1 aliphatic rings. The molecule has 0 saturated carbocycles. The molecule has 0 bridgehead atoms. The maximum Gasteiger partial charge on any atom is 0.302 e. The van der Waals surface area contributed by atoms with E-state index in [2.05, 4.69) is 10.2 Å². The van der Waals surface area contributed by atoms with Gasteiger partial charge in [-0.1, -0.05) is 77.2 Å². The number of nitrogens with zero attached hydrogens (tertiary/aromatic N) is 3. The number of carbonyl (C=O) groups excluding carboxylic acids is 2. The standard InChI is InChI=1S/C24H16ClN3O4S2/c25-16-10-8-14(9-11-16)13-33-24-27-26-23(34-24)28-19(17-7-4-12-32-17)18(21(30)22(28)31)20(29)15-5-2-1-3-6-15/h1-12,19,29H,13H2/b20-18-. The number of thioether (sulfide) groups is 1. The SMILES string of the molecule is O=C1C(=O)N(c2nnc(SCc3ccc(Cl)cc3)s2)C(c2ccco2)/C1=C(/O)c1ccccc1. The van der Waals surface area contributed by atoms with Gasteiger partial charge < -0.3 is 9.52 Å². The number of aliphatic hydroxyl groups excluding tert-OH is 1. The summed E-state index contributed by atoms with van der Waals surface area (Å²) in [5, 5.41) is 20.2. The van der Waals surface area contributed by atoms with Crippen LogP contribution in [0.15, 0.2) is 87.3 Å². The van der Waals surface area contributed by atoms with E-state index in [1.54, 1.807) is 42.5 Å². The Bertz CT molecular complexity index is 1370. The highest BCUT2D eigenvalue weighted by Gasteiger charge is 2.49. The van der Waals surface area contributed by atoms with Gasteiger partial charge in [-0.3, -0.25) is 14.5 Å². The second kappa shape index (κ2) is 9.46. The van der Waals surface area contributed by atoms with Crippen molar-refractivity contribution in [2.75, 3.05) is 4.90 Å². The molecule has 7 nitrogen and oxygen atoms in total. The van der Waals surface area contributed by atoms with Crippen LogP contribution in [0.25, 0.3) is 5.76 Å². The van der Waals surface area contributed by atoms with Crippen molar-refractivity contribution in [1.82, 2.24) is 10.2 Å². The third kappa shape index (κ3) is 4.25. The number of aromatic nitrogens is 2. The van der Waals surface area contributed by atoms with Gasteiger partial charge in [0, 0.05) is 16.3 Å². The Morgan fingerprint density at radius 1 is 1.06 bits per heavy atom. The minimum Gasteiger partial charge on any atom is -0.507 e. The average Bonchev–Trinajstić information content (AvgIpc) is 3.60. The largest absolute Gasteiger partial charge is 0.507 e. The van der Waals surface area contributed by atoms with Crippen LogP contribution in [0.1, 0.15) is 22.9 Å². The first-order valence-electron chi connectivity index (χ1n) is 10.1. The topological polar surface area (TPSA) is 96.5 Å². The van der Waals surface area contributed by atoms with E-state index in [1.807, 2.05) is 24.3 Å². The zero-order chi connectivity index (χ0) is 23.7. The van der Waals surface area contributed by atoms with Crippen molar-refractivity contribution in [3.05, 3.63) is 100 Å². The molecule has 1 amide bonds. The molecule has 1 fully saturated rings. The fourth-order valence-corrected chi connectivity index (χ4v) is 5.53. The molecule has 1 saturated heterocycles. The van der Waals surface area contributed by atoms with E-state index >= 15 is 0 Å². The number of rotatable bonds is 6. The molecule has 34 heavy (non-hydrogen) atoms. The minimum absolute atomic E-state index is 0.0586. The highest BCUT2D eigenvalue weighted by atomic mass is 35.5. The molecule has 0 aliphatic carbocycles. The number of halogens is 1. The fraction of sp³-hybridized carbons (Fsp3) is 0.0833. The molecule has 3 heterocycles. The smallest absolute Gasteiger partial charge is 0.302 e. The molecular formula is C24H16ClN3O4S2. The molecule has 2 aromatic heterocycles. The summed E-state index contributed by atoms with van der Waals surface area (Å²) >= 11 is 8.59. The number of benzene rings is 2. The second-order valence-electron chi connectivity index (χ2n) is 7.32. The lowest BCUT2D eigenvalue weighted by atomic mass is 9.99. The number of Topliss-reactive ketones (excluding diaryl/α,β-unsaturated/α-hetero) is 1. The number of carbonyl (C=O) groups is 2. The van der Waals surface area contributed by atoms with Gasteiger partial charge in [0.1, 0.15) is 17.6 Å². The van der Waals surface area contributed by atoms with Gasteiger partial charge in [0.25, 0.3) is 5.78 Å². The monoisotopic (exact) mass is 509 g/mol. The van der Waals surface area contributed by atoms with Crippen molar-refractivity contribution < 1.29 is 19.1 Å². The van der Waals surface area contributed by atoms with Crippen molar-refractivity contribution in [2.45, 2.75) is 16.1 Å². The lowest BCUT2D eigenvalue weighted by Gasteiger charge is -2.19. The normalized spacial score (nSPS) is 17.4. The van der Waals surface area contributed by atoms with Gasteiger partial charge in [0.05, 0.1) is 11.8 Å². The minimum atomic E-state index is -0.961. The van der Waals surface area contributed by atoms with Crippen molar-refractivity contribution in [3.8, 4) is 0 Å². The van der Waals surface area contributed by atoms with Crippen LogP contribution in [0.4, 0.5) is 5.13 Å². The van der Waals surface area contributed by atoms with Gasteiger partial charge in [0.2, 0.25) is 5.13 Å². The van der Waals surface area contributed by atoms with Gasteiger partial charge in [-0.2, -0.15) is 0 Å². The predicted molar refractivity (Wildman–Crippen MR) is 131 cm³/mol. The van der Waals surface area contributed by atoms with Gasteiger partial charge in [-0.25, -0.2) is 0 Å². The number of ketones is 1. The molecule has 1 aliphatic heterocycles. The number of hydrogen-bond donors (Lipinski definition) is 1. The number of amides is 1. The molecule has 2 aromatic carbocycles. The Morgan fingerprint density at radius 3 is 2.53 bits per heavy atom. The zero-order valence-corrected chi connectivity index (χ0v) is 19.8. The highest BCUT2D eigenvalue weighted by Crippen LogP contribution is 2.44. The quantitative estimate of drug-likeness (QED) is 0.117. The number of aliphatic hydroxyl groups is 1. The maximum absolute atomic E-state index is 13.1.